The lowest BCUT2D eigenvalue weighted by Gasteiger charge is -2.39. The van der Waals surface area contributed by atoms with Crippen molar-refractivity contribution in [3.63, 3.8) is 0 Å². The number of aryl methyl sites for hydroxylation is 1. The zero-order valence-electron chi connectivity index (χ0n) is 15.8. The number of thiocarbonyl (C=S) groups is 1. The van der Waals surface area contributed by atoms with Gasteiger partial charge < -0.3 is 19.9 Å². The van der Waals surface area contributed by atoms with E-state index in [9.17, 15) is 0 Å². The molecule has 140 valence electrons. The standard InChI is InChI=1S/C19H30ClN3OS/c1-14(2)22-9-7-17(8-10-22)23(11-12-24-4)19(25)21-18-13-16(20)6-5-15(18)3/h5-6,13-14,17H,7-12H2,1-4H3,(H,21,25)/p+1. The van der Waals surface area contributed by atoms with Crippen molar-refractivity contribution in [3.05, 3.63) is 28.8 Å². The highest BCUT2D eigenvalue weighted by atomic mass is 35.5. The number of nitrogens with zero attached hydrogens (tertiary/aromatic N) is 1. The lowest BCUT2D eigenvalue weighted by atomic mass is 10.0. The quantitative estimate of drug-likeness (QED) is 0.738. The molecule has 4 nitrogen and oxygen atoms in total. The van der Waals surface area contributed by atoms with E-state index in [0.29, 0.717) is 23.7 Å². The van der Waals surface area contributed by atoms with Gasteiger partial charge in [0.25, 0.3) is 0 Å². The third-order valence-electron chi connectivity index (χ3n) is 5.09. The number of likely N-dealkylation sites (tertiary alicyclic amines) is 1. The summed E-state index contributed by atoms with van der Waals surface area (Å²) in [5.74, 6) is 0. The van der Waals surface area contributed by atoms with Crippen LogP contribution in [0.5, 0.6) is 0 Å². The van der Waals surface area contributed by atoms with Crippen LogP contribution in [0.15, 0.2) is 18.2 Å². The number of methoxy groups -OCH3 is 1. The van der Waals surface area contributed by atoms with E-state index in [-0.39, 0.29) is 0 Å². The van der Waals surface area contributed by atoms with E-state index >= 15 is 0 Å². The van der Waals surface area contributed by atoms with Crippen molar-refractivity contribution in [1.29, 1.82) is 0 Å². The molecule has 1 aliphatic heterocycles. The molecule has 0 unspecified atom stereocenters. The third-order valence-corrected chi connectivity index (χ3v) is 5.66. The molecule has 1 fully saturated rings. The molecule has 1 aromatic rings. The number of hydrogen-bond acceptors (Lipinski definition) is 2. The van der Waals surface area contributed by atoms with Gasteiger partial charge in [0.15, 0.2) is 5.11 Å². The molecule has 0 atom stereocenters. The Morgan fingerprint density at radius 1 is 1.40 bits per heavy atom. The molecule has 0 spiro atoms. The van der Waals surface area contributed by atoms with Crippen molar-refractivity contribution in [1.82, 2.24) is 4.90 Å². The predicted molar refractivity (Wildman–Crippen MR) is 110 cm³/mol. The van der Waals surface area contributed by atoms with Gasteiger partial charge in [0.2, 0.25) is 0 Å². The van der Waals surface area contributed by atoms with Crippen LogP contribution in [0.25, 0.3) is 0 Å². The smallest absolute Gasteiger partial charge is 0.173 e. The minimum Gasteiger partial charge on any atom is -0.383 e. The van der Waals surface area contributed by atoms with Crippen LogP contribution >= 0.6 is 23.8 Å². The van der Waals surface area contributed by atoms with Gasteiger partial charge >= 0.3 is 0 Å². The van der Waals surface area contributed by atoms with Gasteiger partial charge in [-0.1, -0.05) is 17.7 Å². The van der Waals surface area contributed by atoms with Crippen molar-refractivity contribution in [2.24, 2.45) is 0 Å². The Morgan fingerprint density at radius 2 is 2.08 bits per heavy atom. The summed E-state index contributed by atoms with van der Waals surface area (Å²) in [4.78, 5) is 3.99. The predicted octanol–water partition coefficient (Wildman–Crippen LogP) is 2.75. The van der Waals surface area contributed by atoms with E-state index in [1.165, 1.54) is 13.1 Å². The average molecular weight is 385 g/mol. The number of quaternary nitrogens is 1. The summed E-state index contributed by atoms with van der Waals surface area (Å²) in [6.07, 6.45) is 2.32. The van der Waals surface area contributed by atoms with Crippen molar-refractivity contribution in [3.8, 4) is 0 Å². The fourth-order valence-corrected chi connectivity index (χ4v) is 3.94. The fraction of sp³-hybridized carbons (Fsp3) is 0.632. The summed E-state index contributed by atoms with van der Waals surface area (Å²) >= 11 is 11.9. The maximum Gasteiger partial charge on any atom is 0.173 e. The van der Waals surface area contributed by atoms with Gasteiger partial charge in [-0.3, -0.25) is 0 Å². The number of ether oxygens (including phenoxy) is 1. The number of nitrogens with one attached hydrogen (secondary N) is 2. The van der Waals surface area contributed by atoms with Crippen LogP contribution in [0.1, 0.15) is 32.3 Å². The second-order valence-corrected chi connectivity index (χ2v) is 7.94. The Labute approximate surface area is 162 Å². The topological polar surface area (TPSA) is 28.9 Å². The van der Waals surface area contributed by atoms with E-state index in [0.717, 1.165) is 35.7 Å². The van der Waals surface area contributed by atoms with Gasteiger partial charge in [0.05, 0.1) is 25.7 Å². The fourth-order valence-electron chi connectivity index (χ4n) is 3.42. The lowest BCUT2D eigenvalue weighted by molar-refractivity contribution is -0.926. The van der Waals surface area contributed by atoms with E-state index in [1.807, 2.05) is 18.2 Å². The van der Waals surface area contributed by atoms with Crippen molar-refractivity contribution in [2.45, 2.75) is 45.7 Å². The molecule has 1 saturated heterocycles. The first kappa shape index (κ1) is 20.4. The molecule has 0 bridgehead atoms. The molecule has 25 heavy (non-hydrogen) atoms. The Bertz CT molecular complexity index is 574. The van der Waals surface area contributed by atoms with Crippen LogP contribution in [-0.4, -0.2) is 55.4 Å². The van der Waals surface area contributed by atoms with E-state index in [1.54, 1.807) is 12.0 Å². The van der Waals surface area contributed by atoms with Gasteiger partial charge in [0.1, 0.15) is 0 Å². The molecular weight excluding hydrogens is 354 g/mol. The zero-order valence-corrected chi connectivity index (χ0v) is 17.3. The number of benzene rings is 1. The Balaban J connectivity index is 2.06. The summed E-state index contributed by atoms with van der Waals surface area (Å²) in [5.41, 5.74) is 2.11. The molecule has 0 amide bonds. The summed E-state index contributed by atoms with van der Waals surface area (Å²) in [6, 6.07) is 7.00. The molecule has 6 heteroatoms. The van der Waals surface area contributed by atoms with Gasteiger partial charge in [-0.05, 0) is 50.7 Å². The van der Waals surface area contributed by atoms with Gasteiger partial charge in [-0.25, -0.2) is 0 Å². The first-order valence-electron chi connectivity index (χ1n) is 9.09. The second kappa shape index (κ2) is 9.72. The second-order valence-electron chi connectivity index (χ2n) is 7.12. The monoisotopic (exact) mass is 384 g/mol. The van der Waals surface area contributed by atoms with Gasteiger partial charge in [0, 0.05) is 43.2 Å². The third kappa shape index (κ3) is 5.81. The summed E-state index contributed by atoms with van der Waals surface area (Å²) < 4.78 is 5.31. The SMILES string of the molecule is COCCN(C(=S)Nc1cc(Cl)ccc1C)C1CC[NH+](C(C)C)CC1. The van der Waals surface area contributed by atoms with Crippen molar-refractivity contribution in [2.75, 3.05) is 38.7 Å². The molecule has 0 radical (unpaired) electrons. The van der Waals surface area contributed by atoms with Crippen LogP contribution in [0.2, 0.25) is 5.02 Å². The molecule has 0 saturated carbocycles. The normalized spacial score (nSPS) is 20.6. The number of rotatable bonds is 6. The Hall–Kier alpha value is -0.880. The van der Waals surface area contributed by atoms with E-state index in [4.69, 9.17) is 28.6 Å². The summed E-state index contributed by atoms with van der Waals surface area (Å²) in [6.45, 7) is 10.5. The molecule has 0 aliphatic carbocycles. The van der Waals surface area contributed by atoms with Crippen LogP contribution in [0.3, 0.4) is 0 Å². The van der Waals surface area contributed by atoms with E-state index < -0.39 is 0 Å². The number of hydrogen-bond donors (Lipinski definition) is 2. The lowest BCUT2D eigenvalue weighted by Crippen LogP contribution is -3.16. The molecular formula is C19H31ClN3OS+. The molecule has 2 N–H and O–H groups in total. The summed E-state index contributed by atoms with van der Waals surface area (Å²) in [7, 11) is 1.74. The minimum absolute atomic E-state index is 0.470. The Kier molecular flexibility index (Phi) is 7.94. The highest BCUT2D eigenvalue weighted by Gasteiger charge is 2.29. The largest absolute Gasteiger partial charge is 0.383 e. The maximum absolute atomic E-state index is 6.14. The maximum atomic E-state index is 6.14. The Morgan fingerprint density at radius 3 is 2.68 bits per heavy atom. The van der Waals surface area contributed by atoms with Crippen LogP contribution in [0, 0.1) is 6.92 Å². The van der Waals surface area contributed by atoms with Crippen LogP contribution in [0.4, 0.5) is 5.69 Å². The zero-order chi connectivity index (χ0) is 18.4. The summed E-state index contributed by atoms with van der Waals surface area (Å²) in [5, 5.41) is 4.88. The number of anilines is 1. The highest BCUT2D eigenvalue weighted by Crippen LogP contribution is 2.21. The molecule has 1 heterocycles. The van der Waals surface area contributed by atoms with Crippen molar-refractivity contribution >= 4 is 34.6 Å². The van der Waals surface area contributed by atoms with Crippen LogP contribution < -0.4 is 10.2 Å². The minimum atomic E-state index is 0.470. The number of piperidine rings is 1. The number of halogens is 1. The molecule has 1 aromatic carbocycles. The molecule has 1 aliphatic rings. The van der Waals surface area contributed by atoms with Crippen molar-refractivity contribution < 1.29 is 9.64 Å². The van der Waals surface area contributed by atoms with Gasteiger partial charge in [-0.15, -0.1) is 0 Å². The van der Waals surface area contributed by atoms with E-state index in [2.05, 4.69) is 31.0 Å². The van der Waals surface area contributed by atoms with Crippen LogP contribution in [-0.2, 0) is 4.74 Å². The van der Waals surface area contributed by atoms with Gasteiger partial charge in [-0.2, -0.15) is 0 Å². The average Bonchev–Trinajstić information content (AvgIpc) is 2.59. The first-order chi connectivity index (χ1) is 11.9. The molecule has 2 rings (SSSR count). The highest BCUT2D eigenvalue weighted by molar-refractivity contribution is 7.80. The molecule has 0 aromatic heterocycles. The first-order valence-corrected chi connectivity index (χ1v) is 9.88.